The standard InChI is InChI=1S/C13H7Cl2NO6/c14-10-11(15)13(21)16(12(10)20)6-2-1-3-7(4-6)22-9(19)5-8(17)18/h1-4H,5H2,(H,17,18). The fourth-order valence-electron chi connectivity index (χ4n) is 1.69. The van der Waals surface area contributed by atoms with E-state index in [2.05, 4.69) is 0 Å². The Morgan fingerprint density at radius 2 is 1.73 bits per heavy atom. The highest BCUT2D eigenvalue weighted by Crippen LogP contribution is 2.32. The number of carbonyl (C=O) groups is 4. The summed E-state index contributed by atoms with van der Waals surface area (Å²) in [6.07, 6.45) is -0.814. The number of benzene rings is 1. The summed E-state index contributed by atoms with van der Waals surface area (Å²) < 4.78 is 4.80. The van der Waals surface area contributed by atoms with Gasteiger partial charge in [0.15, 0.2) is 0 Å². The molecule has 22 heavy (non-hydrogen) atoms. The number of imide groups is 1. The molecule has 7 nitrogen and oxygen atoms in total. The van der Waals surface area contributed by atoms with Crippen molar-refractivity contribution in [3.05, 3.63) is 34.3 Å². The minimum absolute atomic E-state index is 0.0245. The number of esters is 1. The van der Waals surface area contributed by atoms with Crippen LogP contribution in [-0.2, 0) is 19.2 Å². The smallest absolute Gasteiger partial charge is 0.322 e. The fourth-order valence-corrected chi connectivity index (χ4v) is 2.02. The lowest BCUT2D eigenvalue weighted by Gasteiger charge is -2.15. The Hall–Kier alpha value is -2.38. The van der Waals surface area contributed by atoms with E-state index >= 15 is 0 Å². The first-order valence-electron chi connectivity index (χ1n) is 5.78. The molecule has 1 aliphatic rings. The minimum atomic E-state index is -1.34. The average Bonchev–Trinajstić information content (AvgIpc) is 2.62. The normalized spacial score (nSPS) is 14.5. The van der Waals surface area contributed by atoms with Gasteiger partial charge in [0.2, 0.25) is 0 Å². The third-order valence-corrected chi connectivity index (χ3v) is 3.38. The van der Waals surface area contributed by atoms with Crippen LogP contribution in [0.1, 0.15) is 6.42 Å². The summed E-state index contributed by atoms with van der Waals surface area (Å²) in [4.78, 5) is 46.1. The van der Waals surface area contributed by atoms with E-state index < -0.39 is 40.2 Å². The van der Waals surface area contributed by atoms with Gasteiger partial charge >= 0.3 is 11.9 Å². The molecule has 9 heteroatoms. The first-order chi connectivity index (χ1) is 10.3. The van der Waals surface area contributed by atoms with Crippen LogP contribution >= 0.6 is 23.2 Å². The van der Waals surface area contributed by atoms with Crippen molar-refractivity contribution in [3.63, 3.8) is 0 Å². The van der Waals surface area contributed by atoms with Gasteiger partial charge in [0.25, 0.3) is 11.8 Å². The highest BCUT2D eigenvalue weighted by Gasteiger charge is 2.37. The number of rotatable bonds is 4. The lowest BCUT2D eigenvalue weighted by Crippen LogP contribution is -2.30. The summed E-state index contributed by atoms with van der Waals surface area (Å²) in [5.41, 5.74) is 0.0874. The minimum Gasteiger partial charge on any atom is -0.481 e. The predicted octanol–water partition coefficient (Wildman–Crippen LogP) is 1.63. The Balaban J connectivity index is 2.23. The van der Waals surface area contributed by atoms with Crippen molar-refractivity contribution in [1.82, 2.24) is 0 Å². The van der Waals surface area contributed by atoms with E-state index in [1.54, 1.807) is 0 Å². The van der Waals surface area contributed by atoms with Crippen molar-refractivity contribution in [3.8, 4) is 5.75 Å². The molecule has 0 bridgehead atoms. The molecule has 114 valence electrons. The Kier molecular flexibility index (Phi) is 4.48. The SMILES string of the molecule is O=C(O)CC(=O)Oc1cccc(N2C(=O)C(Cl)=C(Cl)C2=O)c1. The third-order valence-electron chi connectivity index (χ3n) is 2.58. The maximum Gasteiger partial charge on any atom is 0.322 e. The molecule has 1 aromatic rings. The second-order valence-electron chi connectivity index (χ2n) is 4.12. The molecule has 1 aliphatic heterocycles. The van der Waals surface area contributed by atoms with Crippen LogP contribution in [0.25, 0.3) is 0 Å². The summed E-state index contributed by atoms with van der Waals surface area (Å²) in [6, 6.07) is 5.41. The summed E-state index contributed by atoms with van der Waals surface area (Å²) in [7, 11) is 0. The molecule has 0 aromatic heterocycles. The summed E-state index contributed by atoms with van der Waals surface area (Å²) in [5.74, 6) is -3.95. The van der Waals surface area contributed by atoms with Crippen molar-refractivity contribution in [1.29, 1.82) is 0 Å². The molecule has 0 spiro atoms. The predicted molar refractivity (Wildman–Crippen MR) is 75.6 cm³/mol. The number of halogens is 2. The molecule has 1 aromatic carbocycles. The molecule has 0 saturated heterocycles. The van der Waals surface area contributed by atoms with Gasteiger partial charge in [-0.3, -0.25) is 19.2 Å². The second-order valence-corrected chi connectivity index (χ2v) is 4.87. The van der Waals surface area contributed by atoms with Gasteiger partial charge in [-0.05, 0) is 12.1 Å². The Morgan fingerprint density at radius 1 is 1.14 bits per heavy atom. The van der Waals surface area contributed by atoms with Crippen LogP contribution in [0, 0.1) is 0 Å². The molecule has 0 unspecified atom stereocenters. The van der Waals surface area contributed by atoms with E-state index in [1.165, 1.54) is 24.3 Å². The molecule has 2 amide bonds. The van der Waals surface area contributed by atoms with Gasteiger partial charge in [-0.25, -0.2) is 4.90 Å². The van der Waals surface area contributed by atoms with Crippen molar-refractivity contribution in [2.24, 2.45) is 0 Å². The third kappa shape index (κ3) is 3.10. The number of carbonyl (C=O) groups excluding carboxylic acids is 3. The largest absolute Gasteiger partial charge is 0.481 e. The number of carboxylic acids is 1. The number of amides is 2. The van der Waals surface area contributed by atoms with Gasteiger partial charge in [0.05, 0.1) is 5.69 Å². The van der Waals surface area contributed by atoms with E-state index in [0.29, 0.717) is 0 Å². The lowest BCUT2D eigenvalue weighted by atomic mass is 10.2. The number of aliphatic carboxylic acids is 1. The number of ether oxygens (including phenoxy) is 1. The van der Waals surface area contributed by atoms with E-state index in [4.69, 9.17) is 33.0 Å². The Bertz CT molecular complexity index is 703. The number of hydrogen-bond acceptors (Lipinski definition) is 5. The Labute approximate surface area is 133 Å². The summed E-state index contributed by atoms with van der Waals surface area (Å²) in [6.45, 7) is 0. The number of carboxylic acid groups (broad SMARTS) is 1. The molecule has 2 rings (SSSR count). The van der Waals surface area contributed by atoms with Crippen LogP contribution in [0.3, 0.4) is 0 Å². The van der Waals surface area contributed by atoms with Crippen molar-refractivity contribution in [2.75, 3.05) is 4.90 Å². The van der Waals surface area contributed by atoms with Crippen LogP contribution < -0.4 is 9.64 Å². The molecule has 0 saturated carbocycles. The van der Waals surface area contributed by atoms with Crippen LogP contribution in [0.5, 0.6) is 5.75 Å². The quantitative estimate of drug-likeness (QED) is 0.386. The van der Waals surface area contributed by atoms with E-state index in [-0.39, 0.29) is 11.4 Å². The molecule has 0 aliphatic carbocycles. The maximum absolute atomic E-state index is 11.9. The first-order valence-corrected chi connectivity index (χ1v) is 6.53. The molecule has 0 radical (unpaired) electrons. The zero-order valence-corrected chi connectivity index (χ0v) is 12.2. The molecule has 1 heterocycles. The van der Waals surface area contributed by atoms with Gasteiger partial charge < -0.3 is 9.84 Å². The molecular weight excluding hydrogens is 337 g/mol. The molecule has 1 N–H and O–H groups in total. The van der Waals surface area contributed by atoms with E-state index in [0.717, 1.165) is 4.90 Å². The van der Waals surface area contributed by atoms with Crippen molar-refractivity contribution < 1.29 is 29.0 Å². The van der Waals surface area contributed by atoms with E-state index in [9.17, 15) is 19.2 Å². The topological polar surface area (TPSA) is 101 Å². The lowest BCUT2D eigenvalue weighted by molar-refractivity contribution is -0.145. The first kappa shape index (κ1) is 16.0. The monoisotopic (exact) mass is 343 g/mol. The number of anilines is 1. The van der Waals surface area contributed by atoms with Crippen molar-refractivity contribution in [2.45, 2.75) is 6.42 Å². The summed E-state index contributed by atoms with van der Waals surface area (Å²) in [5, 5.41) is 7.68. The number of hydrogen-bond donors (Lipinski definition) is 1. The van der Waals surface area contributed by atoms with Gasteiger partial charge in [-0.2, -0.15) is 0 Å². The maximum atomic E-state index is 11.9. The summed E-state index contributed by atoms with van der Waals surface area (Å²) >= 11 is 11.2. The van der Waals surface area contributed by atoms with Gasteiger partial charge in [0.1, 0.15) is 22.2 Å². The van der Waals surface area contributed by atoms with Gasteiger partial charge in [0, 0.05) is 6.07 Å². The molecule has 0 fully saturated rings. The molecular formula is C13H7Cl2NO6. The highest BCUT2D eigenvalue weighted by atomic mass is 35.5. The van der Waals surface area contributed by atoms with Crippen LogP contribution in [-0.4, -0.2) is 28.9 Å². The zero-order valence-electron chi connectivity index (χ0n) is 10.7. The molecule has 0 atom stereocenters. The van der Waals surface area contributed by atoms with Crippen molar-refractivity contribution >= 4 is 52.6 Å². The van der Waals surface area contributed by atoms with E-state index in [1.807, 2.05) is 0 Å². The second kappa shape index (κ2) is 6.17. The zero-order chi connectivity index (χ0) is 16.4. The fraction of sp³-hybridized carbons (Fsp3) is 0.0769. The van der Waals surface area contributed by atoms with Gasteiger partial charge in [-0.15, -0.1) is 0 Å². The van der Waals surface area contributed by atoms with Crippen LogP contribution in [0.4, 0.5) is 5.69 Å². The highest BCUT2D eigenvalue weighted by molar-refractivity contribution is 6.62. The number of nitrogens with zero attached hydrogens (tertiary/aromatic N) is 1. The Morgan fingerprint density at radius 3 is 2.27 bits per heavy atom. The average molecular weight is 344 g/mol. The van der Waals surface area contributed by atoms with Crippen LogP contribution in [0.2, 0.25) is 0 Å². The van der Waals surface area contributed by atoms with Crippen LogP contribution in [0.15, 0.2) is 34.3 Å². The van der Waals surface area contributed by atoms with Gasteiger partial charge in [-0.1, -0.05) is 29.3 Å².